The average Bonchev–Trinajstić information content (AvgIpc) is 3.24. The fraction of sp³-hybridized carbons (Fsp3) is 0.280. The molecule has 1 saturated heterocycles. The van der Waals surface area contributed by atoms with Crippen molar-refractivity contribution in [3.05, 3.63) is 71.4 Å². The molecule has 0 bridgehead atoms. The number of nitrogens with one attached hydrogen (secondary N) is 1. The summed E-state index contributed by atoms with van der Waals surface area (Å²) < 4.78 is 29.8. The molecule has 178 valence electrons. The maximum atomic E-state index is 13.2. The van der Waals surface area contributed by atoms with Crippen LogP contribution in [-0.4, -0.2) is 54.8 Å². The van der Waals surface area contributed by atoms with Crippen LogP contribution in [0.5, 0.6) is 0 Å². The number of aryl methyl sites for hydroxylation is 1. The van der Waals surface area contributed by atoms with E-state index in [-0.39, 0.29) is 16.3 Å². The fourth-order valence-electron chi connectivity index (χ4n) is 4.52. The Morgan fingerprint density at radius 3 is 2.74 bits per heavy atom. The third-order valence-corrected chi connectivity index (χ3v) is 8.66. The van der Waals surface area contributed by atoms with Crippen LogP contribution in [0.1, 0.15) is 18.4 Å². The van der Waals surface area contributed by atoms with Crippen molar-refractivity contribution in [3.8, 4) is 11.3 Å². The van der Waals surface area contributed by atoms with Gasteiger partial charge in [0, 0.05) is 41.9 Å². The van der Waals surface area contributed by atoms with Crippen LogP contribution in [0.15, 0.2) is 65.7 Å². The van der Waals surface area contributed by atoms with Gasteiger partial charge < -0.3 is 5.32 Å². The number of fused-ring (bicyclic) bond motifs is 1. The minimum atomic E-state index is -3.65. The SMILES string of the molecule is [B]c1ccccc1S(=O)(=O)N1CCCC(CNc2cc(-c3ccccc3Cl)nc3c(C)cnn23)C1. The second-order valence-corrected chi connectivity index (χ2v) is 11.2. The zero-order valence-electron chi connectivity index (χ0n) is 19.4. The molecule has 0 aliphatic carbocycles. The average molecular weight is 506 g/mol. The van der Waals surface area contributed by atoms with E-state index in [2.05, 4.69) is 10.4 Å². The highest BCUT2D eigenvalue weighted by Crippen LogP contribution is 2.30. The molecule has 2 radical (unpaired) electrons. The molecule has 1 atom stereocenters. The number of halogens is 1. The molecule has 1 aliphatic rings. The monoisotopic (exact) mass is 505 g/mol. The fourth-order valence-corrected chi connectivity index (χ4v) is 6.42. The van der Waals surface area contributed by atoms with Gasteiger partial charge in [-0.2, -0.15) is 13.9 Å². The van der Waals surface area contributed by atoms with Crippen molar-refractivity contribution in [1.29, 1.82) is 0 Å². The molecule has 35 heavy (non-hydrogen) atoms. The van der Waals surface area contributed by atoms with Gasteiger partial charge in [0.15, 0.2) is 5.65 Å². The largest absolute Gasteiger partial charge is 0.370 e. The zero-order chi connectivity index (χ0) is 24.6. The summed E-state index contributed by atoms with van der Waals surface area (Å²) in [6.07, 6.45) is 3.49. The summed E-state index contributed by atoms with van der Waals surface area (Å²) in [5.74, 6) is 0.914. The van der Waals surface area contributed by atoms with Crippen LogP contribution in [0, 0.1) is 12.8 Å². The molecular weight excluding hydrogens is 481 g/mol. The van der Waals surface area contributed by atoms with Crippen molar-refractivity contribution in [2.75, 3.05) is 25.0 Å². The molecule has 2 aromatic heterocycles. The minimum Gasteiger partial charge on any atom is -0.370 e. The van der Waals surface area contributed by atoms with E-state index in [0.717, 1.165) is 41.1 Å². The standard InChI is InChI=1S/C25H25BClN5O2S/c1-17-14-29-32-24(13-22(30-25(17)32)19-8-2-4-10-21(19)27)28-15-18-7-6-12-31(16-18)35(33,34)23-11-5-3-9-20(23)26/h2-5,8-11,13-14,18,28H,6-7,12,15-16H2,1H3. The lowest BCUT2D eigenvalue weighted by atomic mass is 9.97. The molecule has 1 N–H and O–H groups in total. The number of sulfonamides is 1. The molecule has 10 heteroatoms. The zero-order valence-corrected chi connectivity index (χ0v) is 20.9. The van der Waals surface area contributed by atoms with Gasteiger partial charge in [-0.25, -0.2) is 13.4 Å². The van der Waals surface area contributed by atoms with Crippen LogP contribution in [0.2, 0.25) is 5.02 Å². The summed E-state index contributed by atoms with van der Waals surface area (Å²) in [7, 11) is 2.32. The van der Waals surface area contributed by atoms with Crippen LogP contribution in [-0.2, 0) is 10.0 Å². The predicted molar refractivity (Wildman–Crippen MR) is 140 cm³/mol. The number of benzene rings is 2. The van der Waals surface area contributed by atoms with Gasteiger partial charge in [-0.15, -0.1) is 0 Å². The molecule has 0 spiro atoms. The quantitative estimate of drug-likeness (QED) is 0.405. The molecule has 7 nitrogen and oxygen atoms in total. The molecule has 1 unspecified atom stereocenters. The van der Waals surface area contributed by atoms with Crippen molar-refractivity contribution >= 4 is 46.4 Å². The highest BCUT2D eigenvalue weighted by Gasteiger charge is 2.31. The number of hydrogen-bond acceptors (Lipinski definition) is 5. The highest BCUT2D eigenvalue weighted by atomic mass is 35.5. The van der Waals surface area contributed by atoms with E-state index in [9.17, 15) is 8.42 Å². The van der Waals surface area contributed by atoms with Gasteiger partial charge in [0.2, 0.25) is 10.0 Å². The number of aromatic nitrogens is 3. The van der Waals surface area contributed by atoms with Crippen molar-refractivity contribution < 1.29 is 8.42 Å². The van der Waals surface area contributed by atoms with Crippen LogP contribution < -0.4 is 10.8 Å². The Morgan fingerprint density at radius 1 is 1.17 bits per heavy atom. The van der Waals surface area contributed by atoms with Gasteiger partial charge >= 0.3 is 0 Å². The van der Waals surface area contributed by atoms with Crippen molar-refractivity contribution in [3.63, 3.8) is 0 Å². The highest BCUT2D eigenvalue weighted by molar-refractivity contribution is 7.89. The molecule has 1 aliphatic heterocycles. The molecule has 4 aromatic rings. The maximum Gasteiger partial charge on any atom is 0.242 e. The second-order valence-electron chi connectivity index (χ2n) is 8.86. The first-order valence-electron chi connectivity index (χ1n) is 11.5. The molecule has 2 aromatic carbocycles. The second kappa shape index (κ2) is 9.64. The molecule has 5 rings (SSSR count). The molecule has 0 amide bonds. The number of piperidine rings is 1. The summed E-state index contributed by atoms with van der Waals surface area (Å²) in [6, 6.07) is 16.2. The topological polar surface area (TPSA) is 79.6 Å². The van der Waals surface area contributed by atoms with Gasteiger partial charge in [0.1, 0.15) is 13.7 Å². The summed E-state index contributed by atoms with van der Waals surface area (Å²) in [4.78, 5) is 4.95. The van der Waals surface area contributed by atoms with Crippen LogP contribution in [0.3, 0.4) is 0 Å². The first kappa shape index (κ1) is 23.8. The minimum absolute atomic E-state index is 0.132. The lowest BCUT2D eigenvalue weighted by Crippen LogP contribution is -2.43. The predicted octanol–water partition coefficient (Wildman–Crippen LogP) is 3.66. The van der Waals surface area contributed by atoms with E-state index in [0.29, 0.717) is 24.7 Å². The van der Waals surface area contributed by atoms with E-state index in [1.165, 1.54) is 0 Å². The molecular formula is C25H25BClN5O2S. The van der Waals surface area contributed by atoms with Gasteiger partial charge in [-0.05, 0) is 37.8 Å². The van der Waals surface area contributed by atoms with E-state index in [4.69, 9.17) is 24.4 Å². The normalized spacial score (nSPS) is 17.0. The number of rotatable bonds is 6. The van der Waals surface area contributed by atoms with E-state index in [1.54, 1.807) is 39.3 Å². The van der Waals surface area contributed by atoms with Crippen LogP contribution >= 0.6 is 11.6 Å². The van der Waals surface area contributed by atoms with E-state index in [1.807, 2.05) is 37.3 Å². The lowest BCUT2D eigenvalue weighted by Gasteiger charge is -2.32. The Hall–Kier alpha value is -2.88. The maximum absolute atomic E-state index is 13.2. The number of nitrogens with zero attached hydrogens (tertiary/aromatic N) is 4. The first-order chi connectivity index (χ1) is 16.8. The van der Waals surface area contributed by atoms with E-state index < -0.39 is 10.0 Å². The Balaban J connectivity index is 1.39. The van der Waals surface area contributed by atoms with Gasteiger partial charge in [0.05, 0.1) is 16.8 Å². The van der Waals surface area contributed by atoms with Gasteiger partial charge in [-0.1, -0.05) is 53.5 Å². The van der Waals surface area contributed by atoms with E-state index >= 15 is 0 Å². The van der Waals surface area contributed by atoms with Crippen molar-refractivity contribution in [2.45, 2.75) is 24.7 Å². The summed E-state index contributed by atoms with van der Waals surface area (Å²) in [5.41, 5.74) is 3.57. The lowest BCUT2D eigenvalue weighted by molar-refractivity contribution is 0.275. The summed E-state index contributed by atoms with van der Waals surface area (Å²) in [6.45, 7) is 3.47. The van der Waals surface area contributed by atoms with Crippen LogP contribution in [0.25, 0.3) is 16.9 Å². The Morgan fingerprint density at radius 2 is 1.94 bits per heavy atom. The van der Waals surface area contributed by atoms with Crippen LogP contribution in [0.4, 0.5) is 5.82 Å². The number of hydrogen-bond donors (Lipinski definition) is 1. The smallest absolute Gasteiger partial charge is 0.242 e. The third-order valence-electron chi connectivity index (χ3n) is 6.39. The number of anilines is 1. The van der Waals surface area contributed by atoms with Crippen molar-refractivity contribution in [1.82, 2.24) is 18.9 Å². The Kier molecular flexibility index (Phi) is 6.57. The Bertz CT molecular complexity index is 1490. The molecule has 3 heterocycles. The van der Waals surface area contributed by atoms with Gasteiger partial charge in [-0.3, -0.25) is 0 Å². The molecule has 1 fully saturated rings. The third kappa shape index (κ3) is 4.68. The summed E-state index contributed by atoms with van der Waals surface area (Å²) >= 11 is 6.44. The first-order valence-corrected chi connectivity index (χ1v) is 13.3. The Labute approximate surface area is 211 Å². The van der Waals surface area contributed by atoms with Gasteiger partial charge in [0.25, 0.3) is 0 Å². The molecule has 0 saturated carbocycles. The van der Waals surface area contributed by atoms with Crippen molar-refractivity contribution in [2.24, 2.45) is 5.92 Å². The summed E-state index contributed by atoms with van der Waals surface area (Å²) in [5, 5.41) is 8.60.